The van der Waals surface area contributed by atoms with Crippen molar-refractivity contribution >= 4 is 5.69 Å². The van der Waals surface area contributed by atoms with Gasteiger partial charge >= 0.3 is 0 Å². The Labute approximate surface area is 142 Å². The van der Waals surface area contributed by atoms with E-state index >= 15 is 0 Å². The minimum Gasteiger partial charge on any atom is -0.457 e. The van der Waals surface area contributed by atoms with Gasteiger partial charge < -0.3 is 15.0 Å². The number of aryl methyl sites for hydroxylation is 5. The van der Waals surface area contributed by atoms with Gasteiger partial charge in [-0.25, -0.2) is 0 Å². The summed E-state index contributed by atoms with van der Waals surface area (Å²) >= 11 is 0. The maximum atomic E-state index is 6.19. The summed E-state index contributed by atoms with van der Waals surface area (Å²) in [6.45, 7) is 9.93. The number of hydrogen-bond acceptors (Lipinski definition) is 4. The number of rotatable bonds is 3. The predicted molar refractivity (Wildman–Crippen MR) is 96.6 cm³/mol. The summed E-state index contributed by atoms with van der Waals surface area (Å²) in [5.74, 6) is 2.45. The summed E-state index contributed by atoms with van der Waals surface area (Å²) in [4.78, 5) is 0. The van der Waals surface area contributed by atoms with Crippen LogP contribution in [0.25, 0.3) is 11.1 Å². The summed E-state index contributed by atoms with van der Waals surface area (Å²) in [6.07, 6.45) is 0. The number of aromatic nitrogens is 1. The molecule has 4 nitrogen and oxygen atoms in total. The van der Waals surface area contributed by atoms with Crippen LogP contribution >= 0.6 is 0 Å². The molecule has 0 atom stereocenters. The third-order valence-corrected chi connectivity index (χ3v) is 4.08. The van der Waals surface area contributed by atoms with Crippen molar-refractivity contribution in [1.29, 1.82) is 0 Å². The van der Waals surface area contributed by atoms with Crippen LogP contribution in [0.15, 0.2) is 34.9 Å². The first-order valence-electron chi connectivity index (χ1n) is 7.94. The SMILES string of the molecule is Cc1cc(Oc2c(C)cc(N)cc2C)cc(-c2c(C)noc2C)c1. The number of anilines is 1. The molecule has 0 saturated heterocycles. The van der Waals surface area contributed by atoms with Crippen molar-refractivity contribution in [1.82, 2.24) is 5.16 Å². The molecule has 24 heavy (non-hydrogen) atoms. The molecule has 4 heteroatoms. The summed E-state index contributed by atoms with van der Waals surface area (Å²) in [5.41, 5.74) is 12.8. The van der Waals surface area contributed by atoms with E-state index in [0.717, 1.165) is 56.5 Å². The minimum absolute atomic E-state index is 0.748. The summed E-state index contributed by atoms with van der Waals surface area (Å²) in [6, 6.07) is 10.0. The molecule has 0 aliphatic heterocycles. The minimum atomic E-state index is 0.748. The second-order valence-corrected chi connectivity index (χ2v) is 6.32. The van der Waals surface area contributed by atoms with E-state index in [0.29, 0.717) is 0 Å². The van der Waals surface area contributed by atoms with E-state index in [2.05, 4.69) is 18.1 Å². The topological polar surface area (TPSA) is 61.3 Å². The van der Waals surface area contributed by atoms with Gasteiger partial charge in [-0.15, -0.1) is 0 Å². The van der Waals surface area contributed by atoms with Crippen LogP contribution < -0.4 is 10.5 Å². The number of nitrogens with two attached hydrogens (primary N) is 1. The van der Waals surface area contributed by atoms with Crippen molar-refractivity contribution in [2.75, 3.05) is 5.73 Å². The molecular weight excluding hydrogens is 300 g/mol. The zero-order chi connectivity index (χ0) is 17.4. The first-order valence-corrected chi connectivity index (χ1v) is 7.94. The Hall–Kier alpha value is -2.75. The standard InChI is InChI=1S/C20H22N2O2/c1-11-6-16(19-14(4)22-24-15(19)5)10-18(7-11)23-20-12(2)8-17(21)9-13(20)3/h6-10H,21H2,1-5H3. The lowest BCUT2D eigenvalue weighted by Gasteiger charge is -2.14. The fourth-order valence-corrected chi connectivity index (χ4v) is 3.11. The smallest absolute Gasteiger partial charge is 0.141 e. The van der Waals surface area contributed by atoms with Gasteiger partial charge in [-0.05, 0) is 81.1 Å². The quantitative estimate of drug-likeness (QED) is 0.668. The molecule has 0 spiro atoms. The third-order valence-electron chi connectivity index (χ3n) is 4.08. The third kappa shape index (κ3) is 3.00. The van der Waals surface area contributed by atoms with Crippen LogP contribution in [0.4, 0.5) is 5.69 Å². The molecule has 0 fully saturated rings. The van der Waals surface area contributed by atoms with Gasteiger partial charge in [0.2, 0.25) is 0 Å². The average molecular weight is 322 g/mol. The van der Waals surface area contributed by atoms with Crippen LogP contribution in [-0.2, 0) is 0 Å². The Morgan fingerprint density at radius 3 is 2.17 bits per heavy atom. The molecule has 0 unspecified atom stereocenters. The highest BCUT2D eigenvalue weighted by Crippen LogP contribution is 2.35. The molecule has 0 saturated carbocycles. The number of ether oxygens (including phenoxy) is 1. The Morgan fingerprint density at radius 1 is 0.917 bits per heavy atom. The molecule has 3 rings (SSSR count). The Balaban J connectivity index is 2.05. The van der Waals surface area contributed by atoms with Crippen LogP contribution in [0.2, 0.25) is 0 Å². The van der Waals surface area contributed by atoms with Gasteiger partial charge in [-0.1, -0.05) is 11.2 Å². The van der Waals surface area contributed by atoms with Crippen molar-refractivity contribution < 1.29 is 9.26 Å². The second-order valence-electron chi connectivity index (χ2n) is 6.32. The molecule has 1 aromatic heterocycles. The monoisotopic (exact) mass is 322 g/mol. The second kappa shape index (κ2) is 6.04. The zero-order valence-electron chi connectivity index (χ0n) is 14.7. The number of nitrogen functional groups attached to an aromatic ring is 1. The van der Waals surface area contributed by atoms with E-state index in [1.807, 2.05) is 52.0 Å². The van der Waals surface area contributed by atoms with Gasteiger partial charge in [-0.3, -0.25) is 0 Å². The molecule has 124 valence electrons. The Kier molecular flexibility index (Phi) is 4.06. The van der Waals surface area contributed by atoms with E-state index in [4.69, 9.17) is 15.0 Å². The van der Waals surface area contributed by atoms with Gasteiger partial charge in [0.05, 0.1) is 5.69 Å². The Bertz CT molecular complexity index is 867. The average Bonchev–Trinajstić information content (AvgIpc) is 2.81. The maximum absolute atomic E-state index is 6.19. The summed E-state index contributed by atoms with van der Waals surface area (Å²) in [7, 11) is 0. The van der Waals surface area contributed by atoms with Crippen LogP contribution in [0.3, 0.4) is 0 Å². The predicted octanol–water partition coefficient (Wildman–Crippen LogP) is 5.26. The summed E-state index contributed by atoms with van der Waals surface area (Å²) in [5, 5.41) is 4.04. The maximum Gasteiger partial charge on any atom is 0.141 e. The van der Waals surface area contributed by atoms with Crippen molar-refractivity contribution in [3.8, 4) is 22.6 Å². The fraction of sp³-hybridized carbons (Fsp3) is 0.250. The van der Waals surface area contributed by atoms with Crippen molar-refractivity contribution in [2.24, 2.45) is 0 Å². The highest BCUT2D eigenvalue weighted by Gasteiger charge is 2.14. The molecule has 0 bridgehead atoms. The van der Waals surface area contributed by atoms with E-state index in [1.54, 1.807) is 0 Å². The lowest BCUT2D eigenvalue weighted by atomic mass is 10.0. The highest BCUT2D eigenvalue weighted by atomic mass is 16.5. The molecule has 0 amide bonds. The van der Waals surface area contributed by atoms with Gasteiger partial charge in [0.15, 0.2) is 0 Å². The van der Waals surface area contributed by atoms with Crippen molar-refractivity contribution in [3.63, 3.8) is 0 Å². The van der Waals surface area contributed by atoms with Gasteiger partial charge in [0.25, 0.3) is 0 Å². The molecule has 2 N–H and O–H groups in total. The van der Waals surface area contributed by atoms with Crippen LogP contribution in [0.5, 0.6) is 11.5 Å². The molecule has 2 aromatic carbocycles. The highest BCUT2D eigenvalue weighted by molar-refractivity contribution is 5.70. The molecule has 0 radical (unpaired) electrons. The first kappa shape index (κ1) is 16.1. The first-order chi connectivity index (χ1) is 11.3. The van der Waals surface area contributed by atoms with Crippen LogP contribution in [0, 0.1) is 34.6 Å². The van der Waals surface area contributed by atoms with Crippen molar-refractivity contribution in [2.45, 2.75) is 34.6 Å². The van der Waals surface area contributed by atoms with Crippen LogP contribution in [0.1, 0.15) is 28.1 Å². The lowest BCUT2D eigenvalue weighted by Crippen LogP contribution is -1.95. The lowest BCUT2D eigenvalue weighted by molar-refractivity contribution is 0.393. The number of hydrogen-bond donors (Lipinski definition) is 1. The zero-order valence-corrected chi connectivity index (χ0v) is 14.7. The van der Waals surface area contributed by atoms with Gasteiger partial charge in [0, 0.05) is 11.3 Å². The number of benzene rings is 2. The van der Waals surface area contributed by atoms with E-state index in [9.17, 15) is 0 Å². The van der Waals surface area contributed by atoms with Crippen LogP contribution in [-0.4, -0.2) is 5.16 Å². The Morgan fingerprint density at radius 2 is 1.58 bits per heavy atom. The van der Waals surface area contributed by atoms with Crippen molar-refractivity contribution in [3.05, 3.63) is 58.5 Å². The van der Waals surface area contributed by atoms with Gasteiger partial charge in [0.1, 0.15) is 17.3 Å². The van der Waals surface area contributed by atoms with Gasteiger partial charge in [-0.2, -0.15) is 0 Å². The van der Waals surface area contributed by atoms with E-state index in [-0.39, 0.29) is 0 Å². The molecule has 0 aliphatic rings. The van der Waals surface area contributed by atoms with E-state index < -0.39 is 0 Å². The molecule has 1 heterocycles. The normalized spacial score (nSPS) is 10.9. The molecule has 0 aliphatic carbocycles. The molecular formula is C20H22N2O2. The molecule has 3 aromatic rings. The van der Waals surface area contributed by atoms with E-state index in [1.165, 1.54) is 0 Å². The summed E-state index contributed by atoms with van der Waals surface area (Å²) < 4.78 is 11.5. The largest absolute Gasteiger partial charge is 0.457 e. The fourth-order valence-electron chi connectivity index (χ4n) is 3.11. The number of nitrogens with zero attached hydrogens (tertiary/aromatic N) is 1.